The number of halogens is 1. The van der Waals surface area contributed by atoms with Gasteiger partial charge in [0.15, 0.2) is 0 Å². The summed E-state index contributed by atoms with van der Waals surface area (Å²) in [6.07, 6.45) is 4.48. The van der Waals surface area contributed by atoms with E-state index in [-0.39, 0.29) is 23.2 Å². The van der Waals surface area contributed by atoms with Crippen LogP contribution < -0.4 is 10.1 Å². The second-order valence-corrected chi connectivity index (χ2v) is 5.86. The maximum atomic E-state index is 12.4. The van der Waals surface area contributed by atoms with E-state index >= 15 is 0 Å². The number of carboxylic acids is 1. The minimum Gasteiger partial charge on any atom is -0.481 e. The number of carbonyl (C=O) groups is 2. The first-order valence-corrected chi connectivity index (χ1v) is 7.66. The van der Waals surface area contributed by atoms with Crippen LogP contribution in [-0.4, -0.2) is 34.1 Å². The number of amides is 1. The standard InChI is InChI=1S/C15H19ClN2O4/c1-2-22-14-11(16)7-10(9-17-14)13(21)18-15(8-12(19)20)5-3-4-6-15/h7,9H,2-6,8H2,1H3,(H,18,21)(H,19,20). The van der Waals surface area contributed by atoms with Gasteiger partial charge in [-0.3, -0.25) is 9.59 Å². The van der Waals surface area contributed by atoms with Gasteiger partial charge in [-0.25, -0.2) is 4.98 Å². The third kappa shape index (κ3) is 3.88. The van der Waals surface area contributed by atoms with Crippen molar-refractivity contribution in [2.45, 2.75) is 44.6 Å². The summed E-state index contributed by atoms with van der Waals surface area (Å²) in [5.74, 6) is -0.993. The fourth-order valence-corrected chi connectivity index (χ4v) is 3.01. The van der Waals surface area contributed by atoms with Crippen molar-refractivity contribution in [1.29, 1.82) is 0 Å². The molecule has 1 saturated carbocycles. The number of aliphatic carboxylic acids is 1. The van der Waals surface area contributed by atoms with Gasteiger partial charge in [0, 0.05) is 6.20 Å². The summed E-state index contributed by atoms with van der Waals surface area (Å²) in [5.41, 5.74) is -0.376. The number of carbonyl (C=O) groups excluding carboxylic acids is 1. The molecule has 0 bridgehead atoms. The molecule has 1 aromatic rings. The van der Waals surface area contributed by atoms with Crippen LogP contribution in [0, 0.1) is 0 Å². The average Bonchev–Trinajstić information content (AvgIpc) is 2.88. The van der Waals surface area contributed by atoms with Gasteiger partial charge in [-0.2, -0.15) is 0 Å². The van der Waals surface area contributed by atoms with Crippen molar-refractivity contribution in [3.05, 3.63) is 22.8 Å². The van der Waals surface area contributed by atoms with Crippen molar-refractivity contribution in [2.75, 3.05) is 6.61 Å². The minimum absolute atomic E-state index is 0.0725. The van der Waals surface area contributed by atoms with Gasteiger partial charge in [0.05, 0.1) is 24.1 Å². The van der Waals surface area contributed by atoms with Gasteiger partial charge in [0.1, 0.15) is 5.02 Å². The Morgan fingerprint density at radius 1 is 1.45 bits per heavy atom. The van der Waals surface area contributed by atoms with Crippen molar-refractivity contribution in [3.63, 3.8) is 0 Å². The van der Waals surface area contributed by atoms with E-state index in [4.69, 9.17) is 21.4 Å². The fourth-order valence-electron chi connectivity index (χ4n) is 2.79. The normalized spacial score (nSPS) is 16.3. The Labute approximate surface area is 133 Å². The predicted octanol–water partition coefficient (Wildman–Crippen LogP) is 2.65. The molecule has 0 aliphatic heterocycles. The highest BCUT2D eigenvalue weighted by Gasteiger charge is 2.37. The first kappa shape index (κ1) is 16.5. The lowest BCUT2D eigenvalue weighted by Crippen LogP contribution is -2.47. The zero-order valence-corrected chi connectivity index (χ0v) is 13.2. The zero-order chi connectivity index (χ0) is 16.2. The van der Waals surface area contributed by atoms with E-state index < -0.39 is 11.5 Å². The summed E-state index contributed by atoms with van der Waals surface area (Å²) in [6.45, 7) is 2.24. The van der Waals surface area contributed by atoms with E-state index in [1.165, 1.54) is 12.3 Å². The molecule has 0 unspecified atom stereocenters. The van der Waals surface area contributed by atoms with Gasteiger partial charge in [0.25, 0.3) is 5.91 Å². The van der Waals surface area contributed by atoms with Gasteiger partial charge >= 0.3 is 5.97 Å². The van der Waals surface area contributed by atoms with Gasteiger partial charge in [-0.15, -0.1) is 0 Å². The number of nitrogens with zero attached hydrogens (tertiary/aromatic N) is 1. The van der Waals surface area contributed by atoms with Crippen LogP contribution in [0.3, 0.4) is 0 Å². The van der Waals surface area contributed by atoms with Gasteiger partial charge in [0.2, 0.25) is 5.88 Å². The molecule has 0 aromatic carbocycles. The first-order valence-electron chi connectivity index (χ1n) is 7.28. The number of rotatable bonds is 6. The molecule has 1 aromatic heterocycles. The van der Waals surface area contributed by atoms with Crippen molar-refractivity contribution < 1.29 is 19.4 Å². The molecule has 2 N–H and O–H groups in total. The smallest absolute Gasteiger partial charge is 0.305 e. The first-order chi connectivity index (χ1) is 10.5. The van der Waals surface area contributed by atoms with Crippen LogP contribution in [0.25, 0.3) is 0 Å². The number of pyridine rings is 1. The third-order valence-corrected chi connectivity index (χ3v) is 4.05. The number of aromatic nitrogens is 1. The van der Waals surface area contributed by atoms with E-state index in [9.17, 15) is 9.59 Å². The minimum atomic E-state index is -0.912. The maximum Gasteiger partial charge on any atom is 0.305 e. The van der Waals surface area contributed by atoms with Crippen LogP contribution in [0.15, 0.2) is 12.3 Å². The monoisotopic (exact) mass is 326 g/mol. The van der Waals surface area contributed by atoms with Crippen LogP contribution in [0.5, 0.6) is 5.88 Å². The van der Waals surface area contributed by atoms with Gasteiger partial charge in [-0.05, 0) is 25.8 Å². The Morgan fingerprint density at radius 3 is 2.68 bits per heavy atom. The van der Waals surface area contributed by atoms with E-state index in [2.05, 4.69) is 10.3 Å². The molecule has 1 fully saturated rings. The zero-order valence-electron chi connectivity index (χ0n) is 12.4. The second kappa shape index (κ2) is 6.96. The van der Waals surface area contributed by atoms with Gasteiger partial charge in [-0.1, -0.05) is 24.4 Å². The van der Waals surface area contributed by atoms with E-state index in [1.54, 1.807) is 0 Å². The molecular weight excluding hydrogens is 308 g/mol. The predicted molar refractivity (Wildman–Crippen MR) is 81.3 cm³/mol. The Kier molecular flexibility index (Phi) is 5.24. The summed E-state index contributed by atoms with van der Waals surface area (Å²) in [6, 6.07) is 1.48. The van der Waals surface area contributed by atoms with E-state index in [0.717, 1.165) is 12.8 Å². The second-order valence-electron chi connectivity index (χ2n) is 5.46. The van der Waals surface area contributed by atoms with Crippen molar-refractivity contribution in [3.8, 4) is 5.88 Å². The molecule has 7 heteroatoms. The van der Waals surface area contributed by atoms with Crippen LogP contribution in [0.2, 0.25) is 5.02 Å². The summed E-state index contributed by atoms with van der Waals surface area (Å²) >= 11 is 6.03. The van der Waals surface area contributed by atoms with E-state index in [1.807, 2.05) is 6.92 Å². The number of carboxylic acid groups (broad SMARTS) is 1. The molecular formula is C15H19ClN2O4. The van der Waals surface area contributed by atoms with Crippen molar-refractivity contribution in [1.82, 2.24) is 10.3 Å². The highest BCUT2D eigenvalue weighted by Crippen LogP contribution is 2.33. The summed E-state index contributed by atoms with van der Waals surface area (Å²) < 4.78 is 5.22. The highest BCUT2D eigenvalue weighted by molar-refractivity contribution is 6.32. The number of hydrogen-bond acceptors (Lipinski definition) is 4. The lowest BCUT2D eigenvalue weighted by molar-refractivity contribution is -0.138. The van der Waals surface area contributed by atoms with Crippen LogP contribution in [0.1, 0.15) is 49.4 Å². The summed E-state index contributed by atoms with van der Waals surface area (Å²) in [4.78, 5) is 27.4. The topological polar surface area (TPSA) is 88.5 Å². The molecule has 6 nitrogen and oxygen atoms in total. The van der Waals surface area contributed by atoms with Gasteiger partial charge < -0.3 is 15.2 Å². The molecule has 0 saturated heterocycles. The van der Waals surface area contributed by atoms with Crippen LogP contribution in [-0.2, 0) is 4.79 Å². The molecule has 0 spiro atoms. The van der Waals surface area contributed by atoms with Crippen molar-refractivity contribution >= 4 is 23.5 Å². The molecule has 1 aliphatic rings. The van der Waals surface area contributed by atoms with E-state index in [0.29, 0.717) is 25.0 Å². The van der Waals surface area contributed by atoms with Crippen LogP contribution in [0.4, 0.5) is 0 Å². The molecule has 1 heterocycles. The Balaban J connectivity index is 2.13. The number of nitrogens with one attached hydrogen (secondary N) is 1. The summed E-state index contributed by atoms with van der Waals surface area (Å²) in [5, 5.41) is 12.2. The molecule has 1 amide bonds. The molecule has 0 atom stereocenters. The summed E-state index contributed by atoms with van der Waals surface area (Å²) in [7, 11) is 0. The largest absolute Gasteiger partial charge is 0.481 e. The SMILES string of the molecule is CCOc1ncc(C(=O)NC2(CC(=O)O)CCCC2)cc1Cl. The molecule has 120 valence electrons. The van der Waals surface area contributed by atoms with Crippen LogP contribution >= 0.6 is 11.6 Å². The Bertz CT molecular complexity index is 571. The fraction of sp³-hybridized carbons (Fsp3) is 0.533. The lowest BCUT2D eigenvalue weighted by Gasteiger charge is -2.28. The average molecular weight is 327 g/mol. The quantitative estimate of drug-likeness (QED) is 0.839. The molecule has 2 rings (SSSR count). The maximum absolute atomic E-state index is 12.4. The number of hydrogen-bond donors (Lipinski definition) is 2. The van der Waals surface area contributed by atoms with Crippen molar-refractivity contribution in [2.24, 2.45) is 0 Å². The third-order valence-electron chi connectivity index (χ3n) is 3.78. The number of ether oxygens (including phenoxy) is 1. The lowest BCUT2D eigenvalue weighted by atomic mass is 9.93. The Hall–Kier alpha value is -1.82. The molecule has 22 heavy (non-hydrogen) atoms. The molecule has 0 radical (unpaired) electrons. The Morgan fingerprint density at radius 2 is 2.14 bits per heavy atom. The highest BCUT2D eigenvalue weighted by atomic mass is 35.5. The molecule has 1 aliphatic carbocycles.